The van der Waals surface area contributed by atoms with Gasteiger partial charge in [0.05, 0.1) is 30.1 Å². The molecule has 1 aliphatic carbocycles. The van der Waals surface area contributed by atoms with Crippen molar-refractivity contribution in [2.24, 2.45) is 23.7 Å². The smallest absolute Gasteiger partial charge is 0.299 e. The molecule has 3 N–H and O–H groups in total. The molecule has 0 amide bonds. The van der Waals surface area contributed by atoms with Crippen LogP contribution in [-0.4, -0.2) is 58.3 Å². The number of piperidine rings is 2. The van der Waals surface area contributed by atoms with Gasteiger partial charge in [0.25, 0.3) is 0 Å². The third-order valence-corrected chi connectivity index (χ3v) is 9.71. The molecule has 0 radical (unpaired) electrons. The predicted molar refractivity (Wildman–Crippen MR) is 144 cm³/mol. The molecule has 6 rings (SSSR count). The van der Waals surface area contributed by atoms with E-state index in [0.29, 0.717) is 35.8 Å². The largest absolute Gasteiger partial charge is 0.418 e. The van der Waals surface area contributed by atoms with Crippen LogP contribution in [0.1, 0.15) is 69.2 Å². The lowest BCUT2D eigenvalue weighted by Gasteiger charge is -2.46. The molecule has 0 bridgehead atoms. The third-order valence-electron chi connectivity index (χ3n) is 9.71. The first kappa shape index (κ1) is 27.3. The lowest BCUT2D eigenvalue weighted by Crippen LogP contribution is -2.52. The summed E-state index contributed by atoms with van der Waals surface area (Å²) >= 11 is 0. The average Bonchev–Trinajstić information content (AvgIpc) is 3.43. The second-order valence-electron chi connectivity index (χ2n) is 12.5. The maximum absolute atomic E-state index is 14.3. The summed E-state index contributed by atoms with van der Waals surface area (Å²) < 4.78 is 45.5. The number of rotatable bonds is 6. The van der Waals surface area contributed by atoms with Gasteiger partial charge in [0, 0.05) is 25.5 Å². The van der Waals surface area contributed by atoms with E-state index in [9.17, 15) is 18.0 Å². The topological polar surface area (TPSA) is 69.0 Å². The van der Waals surface area contributed by atoms with E-state index < -0.39 is 17.4 Å². The molecule has 4 aliphatic rings. The Morgan fingerprint density at radius 3 is 2.59 bits per heavy atom. The summed E-state index contributed by atoms with van der Waals surface area (Å²) in [6, 6.07) is 1.25. The molecule has 39 heavy (non-hydrogen) atoms. The number of hydrazine groups is 1. The highest BCUT2D eigenvalue weighted by atomic mass is 19.4. The molecule has 8 nitrogen and oxygen atoms in total. The third kappa shape index (κ3) is 5.40. The Hall–Kier alpha value is -1.92. The van der Waals surface area contributed by atoms with Crippen molar-refractivity contribution >= 4 is 5.52 Å². The number of hydrogen-bond acceptors (Lipinski definition) is 6. The number of hydrogen-bond donors (Lipinski definition) is 3. The van der Waals surface area contributed by atoms with Crippen LogP contribution in [-0.2, 0) is 12.7 Å². The second-order valence-corrected chi connectivity index (χ2v) is 12.5. The molecule has 1 saturated carbocycles. The van der Waals surface area contributed by atoms with E-state index in [1.807, 2.05) is 0 Å². The minimum atomic E-state index is -4.54. The zero-order valence-electron chi connectivity index (χ0n) is 23.0. The molecule has 2 aromatic rings. The Morgan fingerprint density at radius 1 is 1.10 bits per heavy atom. The fourth-order valence-corrected chi connectivity index (χ4v) is 7.57. The number of halogens is 3. The summed E-state index contributed by atoms with van der Waals surface area (Å²) in [5.41, 5.74) is 6.06. The summed E-state index contributed by atoms with van der Waals surface area (Å²) in [6.07, 6.45) is 6.01. The molecule has 5 atom stereocenters. The van der Waals surface area contributed by atoms with Crippen molar-refractivity contribution in [1.82, 2.24) is 34.9 Å². The molecule has 0 aromatic carbocycles. The Kier molecular flexibility index (Phi) is 7.56. The van der Waals surface area contributed by atoms with Crippen molar-refractivity contribution in [2.45, 2.75) is 76.9 Å². The normalized spacial score (nSPS) is 30.6. The van der Waals surface area contributed by atoms with Crippen molar-refractivity contribution in [3.8, 4) is 0 Å². The Balaban J connectivity index is 1.31. The molecule has 3 aliphatic heterocycles. The minimum absolute atomic E-state index is 0.0656. The molecule has 3 unspecified atom stereocenters. The molecule has 11 heteroatoms. The van der Waals surface area contributed by atoms with Crippen LogP contribution in [0, 0.1) is 23.7 Å². The maximum Gasteiger partial charge on any atom is 0.418 e. The first-order chi connectivity index (χ1) is 18.7. The number of imidazole rings is 1. The van der Waals surface area contributed by atoms with Crippen LogP contribution in [0.5, 0.6) is 0 Å². The number of pyridine rings is 1. The van der Waals surface area contributed by atoms with Crippen LogP contribution in [0.2, 0.25) is 0 Å². The van der Waals surface area contributed by atoms with Gasteiger partial charge in [-0.2, -0.15) is 13.2 Å². The fourth-order valence-electron chi connectivity index (χ4n) is 7.57. The van der Waals surface area contributed by atoms with Crippen LogP contribution in [0.4, 0.5) is 13.2 Å². The van der Waals surface area contributed by atoms with Gasteiger partial charge >= 0.3 is 11.9 Å². The zero-order chi connectivity index (χ0) is 27.3. The molecule has 2 aromatic heterocycles. The van der Waals surface area contributed by atoms with Gasteiger partial charge in [0.1, 0.15) is 0 Å². The fraction of sp³-hybridized carbons (Fsp3) is 0.750. The van der Waals surface area contributed by atoms with Crippen LogP contribution in [0.15, 0.2) is 23.3 Å². The summed E-state index contributed by atoms with van der Waals surface area (Å²) in [5.74, 6) is 1.96. The van der Waals surface area contributed by atoms with Gasteiger partial charge in [-0.1, -0.05) is 26.2 Å². The van der Waals surface area contributed by atoms with Crippen LogP contribution >= 0.6 is 0 Å². The van der Waals surface area contributed by atoms with Crippen LogP contribution in [0.25, 0.3) is 5.52 Å². The van der Waals surface area contributed by atoms with E-state index in [4.69, 9.17) is 0 Å². The first-order valence-corrected chi connectivity index (χ1v) is 14.7. The van der Waals surface area contributed by atoms with E-state index in [0.717, 1.165) is 52.0 Å². The summed E-state index contributed by atoms with van der Waals surface area (Å²) in [7, 11) is 2.12. The van der Waals surface area contributed by atoms with Gasteiger partial charge < -0.3 is 0 Å². The van der Waals surface area contributed by atoms with E-state index in [2.05, 4.69) is 39.9 Å². The molecule has 5 heterocycles. The molecule has 3 saturated heterocycles. The highest BCUT2D eigenvalue weighted by Crippen LogP contribution is 2.44. The van der Waals surface area contributed by atoms with Gasteiger partial charge in [0.15, 0.2) is 0 Å². The van der Waals surface area contributed by atoms with Crippen LogP contribution in [0.3, 0.4) is 0 Å². The van der Waals surface area contributed by atoms with Gasteiger partial charge in [-0.25, -0.2) is 15.6 Å². The number of nitrogens with zero attached hydrogens (tertiary/aromatic N) is 4. The lowest BCUT2D eigenvalue weighted by molar-refractivity contribution is -0.136. The molecule has 4 fully saturated rings. The number of aromatic nitrogens is 2. The molecule has 0 spiro atoms. The highest BCUT2D eigenvalue weighted by molar-refractivity contribution is 5.56. The second kappa shape index (κ2) is 10.8. The quantitative estimate of drug-likeness (QED) is 0.512. The molecular weight excluding hydrogens is 507 g/mol. The van der Waals surface area contributed by atoms with Crippen molar-refractivity contribution in [3.63, 3.8) is 0 Å². The van der Waals surface area contributed by atoms with Crippen molar-refractivity contribution < 1.29 is 13.2 Å². The van der Waals surface area contributed by atoms with E-state index in [1.54, 1.807) is 6.20 Å². The minimum Gasteiger partial charge on any atom is -0.299 e. The SMILES string of the molecule is C[C@H]1CCCN(Cc2cc(C(F)(F)F)c3cn(C4CC([C@@H](C5CCC5)C5NNCN5C)CCN4)c(=O)n3c2)C1. The lowest BCUT2D eigenvalue weighted by atomic mass is 9.66. The van der Waals surface area contributed by atoms with Crippen molar-refractivity contribution in [3.05, 3.63) is 40.1 Å². The number of likely N-dealkylation sites (tertiary alicyclic amines) is 1. The summed E-state index contributed by atoms with van der Waals surface area (Å²) in [6.45, 7) is 5.86. The van der Waals surface area contributed by atoms with Crippen LogP contribution < -0.4 is 21.9 Å². The average molecular weight is 550 g/mol. The van der Waals surface area contributed by atoms with E-state index in [-0.39, 0.29) is 17.8 Å². The number of nitrogens with one attached hydrogen (secondary N) is 3. The monoisotopic (exact) mass is 549 g/mol. The first-order valence-electron chi connectivity index (χ1n) is 14.7. The maximum atomic E-state index is 14.3. The molecular formula is C28H42F3N7O. The summed E-state index contributed by atoms with van der Waals surface area (Å²) in [4.78, 5) is 18.2. The van der Waals surface area contributed by atoms with Gasteiger partial charge in [-0.3, -0.25) is 24.1 Å². The van der Waals surface area contributed by atoms with E-state index in [1.165, 1.54) is 40.5 Å². The Morgan fingerprint density at radius 2 is 1.92 bits per heavy atom. The zero-order valence-corrected chi connectivity index (χ0v) is 23.0. The standard InChI is InChI=1S/C28H42F3N7O/c1-18-5-4-10-36(13-18)14-19-11-22(28(29,30)31)23-16-38(27(39)37(23)15-19)24-12-21(8-9-32-24)25(20-6-3-7-20)26-34-33-17-35(26)2/h11,15-16,18,20-21,24-26,32-34H,3-10,12-14,17H2,1-2H3/t18-,21?,24?,25+,26?/m0/s1. The molecule has 216 valence electrons. The Labute approximate surface area is 227 Å². The highest BCUT2D eigenvalue weighted by Gasteiger charge is 2.44. The summed E-state index contributed by atoms with van der Waals surface area (Å²) in [5, 5.41) is 3.45. The number of alkyl halides is 3. The van der Waals surface area contributed by atoms with Crippen molar-refractivity contribution in [2.75, 3.05) is 33.4 Å². The van der Waals surface area contributed by atoms with Crippen molar-refractivity contribution in [1.29, 1.82) is 0 Å². The van der Waals surface area contributed by atoms with E-state index >= 15 is 0 Å². The predicted octanol–water partition coefficient (Wildman–Crippen LogP) is 3.59. The van der Waals surface area contributed by atoms with Gasteiger partial charge in [-0.05, 0) is 81.1 Å². The Bertz CT molecular complexity index is 1220. The van der Waals surface area contributed by atoms with Gasteiger partial charge in [-0.15, -0.1) is 0 Å². The number of fused-ring (bicyclic) bond motifs is 1. The van der Waals surface area contributed by atoms with Gasteiger partial charge in [0.2, 0.25) is 0 Å².